The molecule has 0 radical (unpaired) electrons. The van der Waals surface area contributed by atoms with Crippen LogP contribution in [-0.4, -0.2) is 43.1 Å². The molecule has 0 bridgehead atoms. The summed E-state index contributed by atoms with van der Waals surface area (Å²) in [6.45, 7) is 2.44. The molecule has 3 unspecified atom stereocenters. The second-order valence-electron chi connectivity index (χ2n) is 5.12. The van der Waals surface area contributed by atoms with Gasteiger partial charge >= 0.3 is 6.18 Å². The molecular weight excluding hydrogens is 269 g/mol. The standard InChI is InChI=1S/C14H19F3N2O/c1-10(20)13(14(15,16)17,11-5-3-2-4-6-11)12-9-18-7-8-19-12/h2-6,10,12,18-20H,7-9H2,1H3. The van der Waals surface area contributed by atoms with Crippen molar-refractivity contribution < 1.29 is 18.3 Å². The van der Waals surface area contributed by atoms with Crippen molar-refractivity contribution in [2.45, 2.75) is 30.7 Å². The Morgan fingerprint density at radius 2 is 1.85 bits per heavy atom. The normalized spacial score (nSPS) is 24.9. The van der Waals surface area contributed by atoms with E-state index in [1.807, 2.05) is 0 Å². The average Bonchev–Trinajstić information content (AvgIpc) is 2.40. The molecule has 0 aromatic heterocycles. The van der Waals surface area contributed by atoms with Gasteiger partial charge in [0.1, 0.15) is 5.41 Å². The van der Waals surface area contributed by atoms with Crippen LogP contribution < -0.4 is 10.6 Å². The Hall–Kier alpha value is -1.11. The SMILES string of the molecule is CC(O)C(c1ccccc1)(C1CNCCN1)C(F)(F)F. The van der Waals surface area contributed by atoms with Gasteiger partial charge in [0.15, 0.2) is 0 Å². The van der Waals surface area contributed by atoms with Gasteiger partial charge in [-0.3, -0.25) is 0 Å². The lowest BCUT2D eigenvalue weighted by Gasteiger charge is -2.46. The lowest BCUT2D eigenvalue weighted by molar-refractivity contribution is -0.226. The maximum atomic E-state index is 13.9. The summed E-state index contributed by atoms with van der Waals surface area (Å²) in [4.78, 5) is 0. The molecule has 2 rings (SSSR count). The van der Waals surface area contributed by atoms with Gasteiger partial charge in [-0.2, -0.15) is 13.2 Å². The first-order chi connectivity index (χ1) is 9.40. The van der Waals surface area contributed by atoms with E-state index in [0.717, 1.165) is 0 Å². The summed E-state index contributed by atoms with van der Waals surface area (Å²) in [7, 11) is 0. The van der Waals surface area contributed by atoms with E-state index in [1.54, 1.807) is 18.2 Å². The van der Waals surface area contributed by atoms with E-state index in [1.165, 1.54) is 19.1 Å². The number of rotatable bonds is 3. The number of aliphatic hydroxyl groups is 1. The van der Waals surface area contributed by atoms with Crippen LogP contribution in [0.4, 0.5) is 13.2 Å². The molecular formula is C14H19F3N2O. The van der Waals surface area contributed by atoms with E-state index in [4.69, 9.17) is 0 Å². The highest BCUT2D eigenvalue weighted by Gasteiger charge is 2.63. The van der Waals surface area contributed by atoms with Crippen molar-refractivity contribution in [3.63, 3.8) is 0 Å². The Morgan fingerprint density at radius 1 is 1.20 bits per heavy atom. The van der Waals surface area contributed by atoms with Crippen molar-refractivity contribution in [3.8, 4) is 0 Å². The molecule has 3 N–H and O–H groups in total. The molecule has 3 atom stereocenters. The maximum absolute atomic E-state index is 13.9. The quantitative estimate of drug-likeness (QED) is 0.788. The highest BCUT2D eigenvalue weighted by atomic mass is 19.4. The second-order valence-corrected chi connectivity index (χ2v) is 5.12. The molecule has 3 nitrogen and oxygen atoms in total. The highest BCUT2D eigenvalue weighted by Crippen LogP contribution is 2.46. The Morgan fingerprint density at radius 3 is 2.30 bits per heavy atom. The molecule has 0 aliphatic carbocycles. The predicted octanol–water partition coefficient (Wildman–Crippen LogP) is 1.43. The van der Waals surface area contributed by atoms with E-state index in [0.29, 0.717) is 13.1 Å². The molecule has 1 fully saturated rings. The van der Waals surface area contributed by atoms with Crippen molar-refractivity contribution in [3.05, 3.63) is 35.9 Å². The van der Waals surface area contributed by atoms with E-state index >= 15 is 0 Å². The van der Waals surface area contributed by atoms with E-state index < -0.39 is 23.7 Å². The van der Waals surface area contributed by atoms with Gasteiger partial charge in [0.25, 0.3) is 0 Å². The van der Waals surface area contributed by atoms with Gasteiger partial charge in [0.2, 0.25) is 0 Å². The molecule has 1 aromatic carbocycles. The molecule has 20 heavy (non-hydrogen) atoms. The average molecular weight is 288 g/mol. The molecule has 0 spiro atoms. The molecule has 1 heterocycles. The third-order valence-corrected chi connectivity index (χ3v) is 3.97. The first kappa shape index (κ1) is 15.3. The fourth-order valence-corrected chi connectivity index (χ4v) is 3.02. The van der Waals surface area contributed by atoms with Crippen molar-refractivity contribution in [1.82, 2.24) is 10.6 Å². The molecule has 1 saturated heterocycles. The summed E-state index contributed by atoms with van der Waals surface area (Å²) in [6.07, 6.45) is -6.11. The van der Waals surface area contributed by atoms with Crippen molar-refractivity contribution in [2.24, 2.45) is 0 Å². The summed E-state index contributed by atoms with van der Waals surface area (Å²) in [5, 5.41) is 15.9. The fraction of sp³-hybridized carbons (Fsp3) is 0.571. The van der Waals surface area contributed by atoms with Crippen LogP contribution in [0.2, 0.25) is 0 Å². The van der Waals surface area contributed by atoms with Crippen LogP contribution in [0.3, 0.4) is 0 Å². The van der Waals surface area contributed by atoms with Gasteiger partial charge in [0.05, 0.1) is 6.10 Å². The minimum Gasteiger partial charge on any atom is -0.392 e. The molecule has 1 aliphatic rings. The Labute approximate surface area is 116 Å². The van der Waals surface area contributed by atoms with Crippen LogP contribution in [0.25, 0.3) is 0 Å². The van der Waals surface area contributed by atoms with Crippen molar-refractivity contribution in [2.75, 3.05) is 19.6 Å². The predicted molar refractivity (Wildman–Crippen MR) is 70.5 cm³/mol. The summed E-state index contributed by atoms with van der Waals surface area (Å²) in [5.74, 6) is 0. The number of alkyl halides is 3. The number of benzene rings is 1. The lowest BCUT2D eigenvalue weighted by atomic mass is 9.69. The minimum absolute atomic E-state index is 0.0868. The largest absolute Gasteiger partial charge is 0.402 e. The number of piperazine rings is 1. The second kappa shape index (κ2) is 5.71. The van der Waals surface area contributed by atoms with Crippen LogP contribution in [0.5, 0.6) is 0 Å². The van der Waals surface area contributed by atoms with Gasteiger partial charge in [-0.15, -0.1) is 0 Å². The van der Waals surface area contributed by atoms with E-state index in [-0.39, 0.29) is 12.1 Å². The fourth-order valence-electron chi connectivity index (χ4n) is 3.02. The summed E-state index contributed by atoms with van der Waals surface area (Å²) in [6, 6.07) is 6.74. The number of halogens is 3. The number of hydrogen-bond acceptors (Lipinski definition) is 3. The molecule has 0 saturated carbocycles. The summed E-state index contributed by atoms with van der Waals surface area (Å²) < 4.78 is 41.6. The zero-order chi connectivity index (χ0) is 14.8. The van der Waals surface area contributed by atoms with Gasteiger partial charge in [-0.1, -0.05) is 30.3 Å². The first-order valence-electron chi connectivity index (χ1n) is 6.65. The number of hydrogen-bond donors (Lipinski definition) is 3. The minimum atomic E-state index is -4.56. The van der Waals surface area contributed by atoms with E-state index in [9.17, 15) is 18.3 Å². The van der Waals surface area contributed by atoms with Crippen molar-refractivity contribution in [1.29, 1.82) is 0 Å². The monoisotopic (exact) mass is 288 g/mol. The third-order valence-electron chi connectivity index (χ3n) is 3.97. The Kier molecular flexibility index (Phi) is 4.36. The smallest absolute Gasteiger partial charge is 0.392 e. The topological polar surface area (TPSA) is 44.3 Å². The van der Waals surface area contributed by atoms with Crippen LogP contribution in [-0.2, 0) is 5.41 Å². The van der Waals surface area contributed by atoms with Crippen LogP contribution in [0, 0.1) is 0 Å². The molecule has 112 valence electrons. The summed E-state index contributed by atoms with van der Waals surface area (Å²) >= 11 is 0. The highest BCUT2D eigenvalue weighted by molar-refractivity contribution is 5.32. The first-order valence-corrected chi connectivity index (χ1v) is 6.65. The molecule has 6 heteroatoms. The van der Waals surface area contributed by atoms with Gasteiger partial charge in [-0.05, 0) is 12.5 Å². The van der Waals surface area contributed by atoms with E-state index in [2.05, 4.69) is 10.6 Å². The molecule has 0 amide bonds. The van der Waals surface area contributed by atoms with Gasteiger partial charge < -0.3 is 15.7 Å². The molecule has 1 aliphatic heterocycles. The number of nitrogens with one attached hydrogen (secondary N) is 2. The van der Waals surface area contributed by atoms with Crippen LogP contribution in [0.1, 0.15) is 12.5 Å². The summed E-state index contributed by atoms with van der Waals surface area (Å²) in [5.41, 5.74) is -2.23. The zero-order valence-electron chi connectivity index (χ0n) is 11.2. The molecule has 1 aromatic rings. The van der Waals surface area contributed by atoms with Gasteiger partial charge in [-0.25, -0.2) is 0 Å². The zero-order valence-corrected chi connectivity index (χ0v) is 11.2. The Balaban J connectivity index is 2.56. The van der Waals surface area contributed by atoms with Gasteiger partial charge in [0, 0.05) is 25.7 Å². The van der Waals surface area contributed by atoms with Crippen LogP contribution in [0.15, 0.2) is 30.3 Å². The third kappa shape index (κ3) is 2.43. The Bertz CT molecular complexity index is 430. The number of aliphatic hydroxyl groups excluding tert-OH is 1. The maximum Gasteiger partial charge on any atom is 0.402 e. The van der Waals surface area contributed by atoms with Crippen molar-refractivity contribution >= 4 is 0 Å². The van der Waals surface area contributed by atoms with Crippen LogP contribution >= 0.6 is 0 Å². The lowest BCUT2D eigenvalue weighted by Crippen LogP contribution is -2.68.